The highest BCUT2D eigenvalue weighted by Crippen LogP contribution is 2.51. The van der Waals surface area contributed by atoms with Crippen molar-refractivity contribution < 1.29 is 14.3 Å². The Morgan fingerprint density at radius 3 is 2.33 bits per heavy atom. The number of ether oxygens (including phenoxy) is 1. The molecule has 4 rings (SSSR count). The van der Waals surface area contributed by atoms with Crippen LogP contribution >= 0.6 is 11.3 Å². The number of fused-ring (bicyclic) bond motifs is 1. The zero-order valence-electron chi connectivity index (χ0n) is 22.7. The Bertz CT molecular complexity index is 1310. The van der Waals surface area contributed by atoms with Gasteiger partial charge in [0.1, 0.15) is 5.75 Å². The van der Waals surface area contributed by atoms with Gasteiger partial charge in [0.25, 0.3) is 0 Å². The third-order valence-electron chi connectivity index (χ3n) is 6.94. The predicted octanol–water partition coefficient (Wildman–Crippen LogP) is 8.26. The number of hydrogen-bond acceptors (Lipinski definition) is 4. The summed E-state index contributed by atoms with van der Waals surface area (Å²) in [6, 6.07) is 10.8. The van der Waals surface area contributed by atoms with E-state index in [-0.39, 0.29) is 23.0 Å². The summed E-state index contributed by atoms with van der Waals surface area (Å²) in [5.74, 6) is 1.47. The molecule has 5 heteroatoms. The van der Waals surface area contributed by atoms with E-state index in [1.54, 1.807) is 6.92 Å². The summed E-state index contributed by atoms with van der Waals surface area (Å²) in [5.41, 5.74) is 8.31. The number of carbonyl (C=O) groups is 2. The SMILES string of the molecule is CC(=O)c1cc(-c2c(C)c(NC(=O)CC(C)(C)C)c(C)c3c2OCC3c2ccc(C(C)C)cc2)cs1. The zero-order valence-corrected chi connectivity index (χ0v) is 23.5. The van der Waals surface area contributed by atoms with Crippen molar-refractivity contribution in [1.82, 2.24) is 0 Å². The number of anilines is 1. The van der Waals surface area contributed by atoms with Gasteiger partial charge in [-0.1, -0.05) is 58.9 Å². The molecule has 0 fully saturated rings. The van der Waals surface area contributed by atoms with Gasteiger partial charge in [0, 0.05) is 29.2 Å². The van der Waals surface area contributed by atoms with Crippen LogP contribution in [0, 0.1) is 19.3 Å². The maximum absolute atomic E-state index is 13.0. The number of rotatable bonds is 6. The van der Waals surface area contributed by atoms with E-state index in [0.717, 1.165) is 44.1 Å². The maximum atomic E-state index is 13.0. The molecule has 1 aliphatic heterocycles. The Morgan fingerprint density at radius 2 is 1.78 bits per heavy atom. The Labute approximate surface area is 219 Å². The fourth-order valence-electron chi connectivity index (χ4n) is 5.06. The molecule has 0 bridgehead atoms. The fourth-order valence-corrected chi connectivity index (χ4v) is 5.86. The minimum Gasteiger partial charge on any atom is -0.492 e. The van der Waals surface area contributed by atoms with E-state index < -0.39 is 0 Å². The quantitative estimate of drug-likeness (QED) is 0.345. The molecule has 1 unspecified atom stereocenters. The predicted molar refractivity (Wildman–Crippen MR) is 150 cm³/mol. The van der Waals surface area contributed by atoms with Crippen LogP contribution in [0.3, 0.4) is 0 Å². The molecule has 190 valence electrons. The van der Waals surface area contributed by atoms with Crippen LogP contribution < -0.4 is 10.1 Å². The van der Waals surface area contributed by atoms with E-state index >= 15 is 0 Å². The second-order valence-electron chi connectivity index (χ2n) is 11.5. The molecule has 1 N–H and O–H groups in total. The van der Waals surface area contributed by atoms with Gasteiger partial charge in [0.05, 0.1) is 11.5 Å². The second-order valence-corrected chi connectivity index (χ2v) is 12.4. The second kappa shape index (κ2) is 9.85. The standard InChI is InChI=1S/C31H37NO3S/c1-17(2)21-9-11-22(12-10-21)24-15-35-30-27(23-13-25(20(5)33)36-16-23)18(3)29(19(4)28(24)30)32-26(34)14-31(6,7)8/h9-13,16-17,24H,14-15H2,1-8H3,(H,32,34). The number of thiophene rings is 1. The Morgan fingerprint density at radius 1 is 1.11 bits per heavy atom. The van der Waals surface area contributed by atoms with Crippen LogP contribution in [0.2, 0.25) is 0 Å². The molecule has 4 nitrogen and oxygen atoms in total. The molecule has 1 atom stereocenters. The van der Waals surface area contributed by atoms with Crippen LogP contribution in [0.25, 0.3) is 11.1 Å². The van der Waals surface area contributed by atoms with Crippen molar-refractivity contribution in [3.8, 4) is 16.9 Å². The van der Waals surface area contributed by atoms with Crippen LogP contribution in [0.5, 0.6) is 5.75 Å². The van der Waals surface area contributed by atoms with Gasteiger partial charge in [0.15, 0.2) is 5.78 Å². The van der Waals surface area contributed by atoms with Gasteiger partial charge in [-0.2, -0.15) is 0 Å². The van der Waals surface area contributed by atoms with Crippen LogP contribution in [0.1, 0.15) is 97.3 Å². The van der Waals surface area contributed by atoms with Gasteiger partial charge in [-0.3, -0.25) is 9.59 Å². The Balaban J connectivity index is 1.88. The molecule has 2 aromatic carbocycles. The highest BCUT2D eigenvalue weighted by Gasteiger charge is 2.34. The van der Waals surface area contributed by atoms with Crippen molar-refractivity contribution >= 4 is 28.7 Å². The average molecular weight is 504 g/mol. The summed E-state index contributed by atoms with van der Waals surface area (Å²) in [6.45, 7) is 16.9. The van der Waals surface area contributed by atoms with E-state index in [9.17, 15) is 9.59 Å². The van der Waals surface area contributed by atoms with E-state index in [0.29, 0.717) is 18.9 Å². The fraction of sp³-hybridized carbons (Fsp3) is 0.419. The summed E-state index contributed by atoms with van der Waals surface area (Å²) in [6.07, 6.45) is 0.432. The smallest absolute Gasteiger partial charge is 0.224 e. The van der Waals surface area contributed by atoms with Gasteiger partial charge in [-0.05, 0) is 71.4 Å². The van der Waals surface area contributed by atoms with E-state index in [2.05, 4.69) is 71.1 Å². The van der Waals surface area contributed by atoms with Crippen LogP contribution in [-0.4, -0.2) is 18.3 Å². The van der Waals surface area contributed by atoms with Gasteiger partial charge < -0.3 is 10.1 Å². The lowest BCUT2D eigenvalue weighted by Crippen LogP contribution is -2.21. The third-order valence-corrected chi connectivity index (χ3v) is 7.97. The minimum atomic E-state index is -0.112. The lowest BCUT2D eigenvalue weighted by molar-refractivity contribution is -0.117. The first-order valence-corrected chi connectivity index (χ1v) is 13.5. The highest BCUT2D eigenvalue weighted by atomic mass is 32.1. The molecule has 0 spiro atoms. The number of Topliss-reactive ketones (excluding diaryl/α,β-unsaturated/α-hetero) is 1. The molecular weight excluding hydrogens is 466 g/mol. The molecule has 0 aliphatic carbocycles. The van der Waals surface area contributed by atoms with E-state index in [4.69, 9.17) is 4.74 Å². The number of ketones is 1. The van der Waals surface area contributed by atoms with Crippen molar-refractivity contribution in [1.29, 1.82) is 0 Å². The maximum Gasteiger partial charge on any atom is 0.224 e. The lowest BCUT2D eigenvalue weighted by atomic mass is 9.84. The lowest BCUT2D eigenvalue weighted by Gasteiger charge is -2.23. The molecule has 0 radical (unpaired) electrons. The molecule has 0 saturated carbocycles. The summed E-state index contributed by atoms with van der Waals surface area (Å²) in [5, 5.41) is 5.26. The molecule has 1 aromatic heterocycles. The summed E-state index contributed by atoms with van der Waals surface area (Å²) in [7, 11) is 0. The van der Waals surface area contributed by atoms with Crippen molar-refractivity contribution in [2.45, 2.75) is 73.6 Å². The van der Waals surface area contributed by atoms with E-state index in [1.165, 1.54) is 22.5 Å². The molecule has 1 aliphatic rings. The molecule has 36 heavy (non-hydrogen) atoms. The first kappa shape index (κ1) is 26.2. The third kappa shape index (κ3) is 5.12. The molecular formula is C31H37NO3S. The van der Waals surface area contributed by atoms with Crippen LogP contribution in [-0.2, 0) is 4.79 Å². The average Bonchev–Trinajstić information content (AvgIpc) is 3.44. The largest absolute Gasteiger partial charge is 0.492 e. The number of hydrogen-bond donors (Lipinski definition) is 1. The van der Waals surface area contributed by atoms with Gasteiger partial charge in [-0.25, -0.2) is 0 Å². The van der Waals surface area contributed by atoms with Crippen molar-refractivity contribution in [2.75, 3.05) is 11.9 Å². The highest BCUT2D eigenvalue weighted by molar-refractivity contribution is 7.12. The Hall–Kier alpha value is -2.92. The number of carbonyl (C=O) groups excluding carboxylic acids is 2. The van der Waals surface area contributed by atoms with Crippen molar-refractivity contribution in [3.05, 3.63) is 68.4 Å². The van der Waals surface area contributed by atoms with Crippen LogP contribution in [0.15, 0.2) is 35.7 Å². The minimum absolute atomic E-state index is 0.00564. The molecule has 3 aromatic rings. The first-order valence-electron chi connectivity index (χ1n) is 12.7. The molecule has 0 saturated heterocycles. The number of nitrogens with one attached hydrogen (secondary N) is 1. The monoisotopic (exact) mass is 503 g/mol. The van der Waals surface area contributed by atoms with Crippen LogP contribution in [0.4, 0.5) is 5.69 Å². The zero-order chi connectivity index (χ0) is 26.4. The van der Waals surface area contributed by atoms with Gasteiger partial charge >= 0.3 is 0 Å². The summed E-state index contributed by atoms with van der Waals surface area (Å²) < 4.78 is 6.41. The summed E-state index contributed by atoms with van der Waals surface area (Å²) in [4.78, 5) is 25.8. The van der Waals surface area contributed by atoms with Crippen molar-refractivity contribution in [3.63, 3.8) is 0 Å². The van der Waals surface area contributed by atoms with Crippen molar-refractivity contribution in [2.24, 2.45) is 5.41 Å². The first-order chi connectivity index (χ1) is 16.9. The topological polar surface area (TPSA) is 55.4 Å². The summed E-state index contributed by atoms with van der Waals surface area (Å²) >= 11 is 1.45. The number of amides is 1. The van der Waals surface area contributed by atoms with Gasteiger partial charge in [-0.15, -0.1) is 11.3 Å². The van der Waals surface area contributed by atoms with Gasteiger partial charge in [0.2, 0.25) is 5.91 Å². The Kier molecular flexibility index (Phi) is 7.16. The number of benzene rings is 2. The molecule has 2 heterocycles. The normalized spacial score (nSPS) is 15.1. The molecule has 1 amide bonds. The van der Waals surface area contributed by atoms with E-state index in [1.807, 2.05) is 18.4 Å².